The number of methoxy groups -OCH3 is 1. The van der Waals surface area contributed by atoms with Crippen molar-refractivity contribution in [1.29, 1.82) is 0 Å². The smallest absolute Gasteiger partial charge is 0.407 e. The number of likely N-dealkylation sites (N-methyl/N-ethyl adjacent to an activating group) is 1. The minimum absolute atomic E-state index is 0.00319. The standard InChI is InChI=1S/C45H73N7O17/c1-35(2)30-38(51-39(54)11-15-62-18-19-64-22-23-66-26-27-68-29-28-67-25-24-65-21-20-63-17-16-61-4)44(59)49-32-41(56)47-31-40(55)48-33-42(57)50-37-9-7-36(8-10-37)34-69-45(60)46-12-13-52(3)43(58)6-5-14-53/h5-10,14,35,38H,11-13,15-34H2,1-4H3,(H,46,60)(H,47,56)(H,48,55)(H,49,59)(H,50,57)(H,51,54)/b6-5-. The van der Waals surface area contributed by atoms with Crippen molar-refractivity contribution in [1.82, 2.24) is 31.5 Å². The number of carbonyl (C=O) groups excluding carboxylic acids is 8. The molecule has 1 aromatic rings. The molecule has 1 unspecified atom stereocenters. The summed E-state index contributed by atoms with van der Waals surface area (Å²) in [6.45, 7) is 8.97. The van der Waals surface area contributed by atoms with Gasteiger partial charge in [0, 0.05) is 45.4 Å². The number of anilines is 1. The Bertz CT molecular complexity index is 1650. The molecular weight excluding hydrogens is 911 g/mol. The molecule has 0 spiro atoms. The predicted octanol–water partition coefficient (Wildman–Crippen LogP) is -0.903. The van der Waals surface area contributed by atoms with E-state index in [0.717, 1.165) is 12.2 Å². The Morgan fingerprint density at radius 3 is 1.58 bits per heavy atom. The van der Waals surface area contributed by atoms with E-state index in [-0.39, 0.29) is 45.2 Å². The zero-order valence-corrected chi connectivity index (χ0v) is 40.3. The van der Waals surface area contributed by atoms with Gasteiger partial charge in [0.25, 0.3) is 0 Å². The summed E-state index contributed by atoms with van der Waals surface area (Å²) in [5, 5.41) is 15.0. The molecule has 1 aromatic carbocycles. The van der Waals surface area contributed by atoms with E-state index in [0.29, 0.717) is 110 Å². The lowest BCUT2D eigenvalue weighted by Crippen LogP contribution is -2.50. The number of hydrogen-bond donors (Lipinski definition) is 6. The first-order valence-electron chi connectivity index (χ1n) is 22.6. The molecule has 7 amide bonds. The predicted molar refractivity (Wildman–Crippen MR) is 249 cm³/mol. The van der Waals surface area contributed by atoms with Gasteiger partial charge in [-0.2, -0.15) is 0 Å². The van der Waals surface area contributed by atoms with Crippen LogP contribution in [0.15, 0.2) is 36.4 Å². The van der Waals surface area contributed by atoms with Crippen LogP contribution in [0.3, 0.4) is 0 Å². The number of benzene rings is 1. The molecule has 0 fully saturated rings. The van der Waals surface area contributed by atoms with Crippen molar-refractivity contribution in [2.75, 3.05) is 151 Å². The van der Waals surface area contributed by atoms with E-state index in [1.54, 1.807) is 31.4 Å². The summed E-state index contributed by atoms with van der Waals surface area (Å²) in [7, 11) is 3.14. The summed E-state index contributed by atoms with van der Waals surface area (Å²) >= 11 is 0. The topological polar surface area (TPSA) is 295 Å². The maximum Gasteiger partial charge on any atom is 0.407 e. The number of carbonyl (C=O) groups is 8. The summed E-state index contributed by atoms with van der Waals surface area (Å²) in [6.07, 6.45) is 2.30. The van der Waals surface area contributed by atoms with E-state index in [4.69, 9.17) is 42.6 Å². The molecule has 0 bridgehead atoms. The number of amides is 7. The fraction of sp³-hybridized carbons (Fsp3) is 0.644. The van der Waals surface area contributed by atoms with Gasteiger partial charge in [0.1, 0.15) is 18.9 Å². The van der Waals surface area contributed by atoms with E-state index in [1.165, 1.54) is 11.9 Å². The van der Waals surface area contributed by atoms with Gasteiger partial charge in [-0.25, -0.2) is 4.79 Å². The van der Waals surface area contributed by atoms with Gasteiger partial charge in [0.05, 0.1) is 119 Å². The van der Waals surface area contributed by atoms with E-state index in [2.05, 4.69) is 31.9 Å². The summed E-state index contributed by atoms with van der Waals surface area (Å²) in [4.78, 5) is 97.8. The third-order valence-corrected chi connectivity index (χ3v) is 8.83. The molecule has 24 nitrogen and oxygen atoms in total. The highest BCUT2D eigenvalue weighted by Gasteiger charge is 2.22. The van der Waals surface area contributed by atoms with Gasteiger partial charge < -0.3 is 79.4 Å². The van der Waals surface area contributed by atoms with Crippen molar-refractivity contribution in [3.63, 3.8) is 0 Å². The number of ether oxygens (including phenoxy) is 9. The number of aldehydes is 1. The van der Waals surface area contributed by atoms with Gasteiger partial charge in [-0.05, 0) is 36.1 Å². The monoisotopic (exact) mass is 984 g/mol. The molecule has 0 aliphatic carbocycles. The lowest BCUT2D eigenvalue weighted by Gasteiger charge is -2.20. The van der Waals surface area contributed by atoms with Crippen molar-refractivity contribution >= 4 is 53.5 Å². The molecule has 0 aliphatic rings. The van der Waals surface area contributed by atoms with Crippen LogP contribution in [0.25, 0.3) is 0 Å². The second kappa shape index (κ2) is 41.4. The Kier molecular flexibility index (Phi) is 36.8. The summed E-state index contributed by atoms with van der Waals surface area (Å²) in [6, 6.07) is 5.50. The van der Waals surface area contributed by atoms with Crippen LogP contribution in [0.2, 0.25) is 0 Å². The quantitative estimate of drug-likeness (QED) is 0.0263. The lowest BCUT2D eigenvalue weighted by molar-refractivity contribution is -0.131. The summed E-state index contributed by atoms with van der Waals surface area (Å²) < 4.78 is 48.0. The average molecular weight is 984 g/mol. The first-order chi connectivity index (χ1) is 33.3. The van der Waals surface area contributed by atoms with E-state index in [1.807, 2.05) is 13.8 Å². The second-order valence-corrected chi connectivity index (χ2v) is 15.1. The molecule has 0 aromatic heterocycles. The first-order valence-corrected chi connectivity index (χ1v) is 22.6. The Morgan fingerprint density at radius 1 is 0.609 bits per heavy atom. The van der Waals surface area contributed by atoms with Gasteiger partial charge in [-0.1, -0.05) is 26.0 Å². The van der Waals surface area contributed by atoms with Crippen molar-refractivity contribution < 1.29 is 81.0 Å². The third kappa shape index (κ3) is 36.1. The van der Waals surface area contributed by atoms with E-state index in [9.17, 15) is 38.4 Å². The number of alkyl carbamates (subject to hydrolysis) is 1. The van der Waals surface area contributed by atoms with Crippen LogP contribution in [0, 0.1) is 5.92 Å². The van der Waals surface area contributed by atoms with Gasteiger partial charge in [-0.15, -0.1) is 0 Å². The van der Waals surface area contributed by atoms with Gasteiger partial charge in [0.2, 0.25) is 35.4 Å². The molecule has 6 N–H and O–H groups in total. The fourth-order valence-corrected chi connectivity index (χ4v) is 5.25. The molecule has 0 saturated heterocycles. The second-order valence-electron chi connectivity index (χ2n) is 15.1. The van der Waals surface area contributed by atoms with Crippen molar-refractivity contribution in [2.24, 2.45) is 5.92 Å². The molecule has 0 radical (unpaired) electrons. The highest BCUT2D eigenvalue weighted by Crippen LogP contribution is 2.10. The van der Waals surface area contributed by atoms with Crippen LogP contribution in [0.5, 0.6) is 0 Å². The molecular formula is C45H73N7O17. The van der Waals surface area contributed by atoms with Gasteiger partial charge in [0.15, 0.2) is 0 Å². The van der Waals surface area contributed by atoms with E-state index < -0.39 is 67.2 Å². The normalized spacial score (nSPS) is 11.4. The molecule has 0 saturated carbocycles. The van der Waals surface area contributed by atoms with Crippen molar-refractivity contribution in [3.05, 3.63) is 42.0 Å². The van der Waals surface area contributed by atoms with Crippen LogP contribution >= 0.6 is 0 Å². The van der Waals surface area contributed by atoms with Crippen molar-refractivity contribution in [3.8, 4) is 0 Å². The molecule has 1 rings (SSSR count). The van der Waals surface area contributed by atoms with E-state index >= 15 is 0 Å². The van der Waals surface area contributed by atoms with Gasteiger partial charge in [-0.3, -0.25) is 33.6 Å². The zero-order valence-electron chi connectivity index (χ0n) is 40.3. The van der Waals surface area contributed by atoms with Crippen LogP contribution in [-0.4, -0.2) is 205 Å². The molecule has 24 heteroatoms. The third-order valence-electron chi connectivity index (χ3n) is 8.83. The number of nitrogens with one attached hydrogen (secondary N) is 6. The minimum Gasteiger partial charge on any atom is -0.445 e. The maximum absolute atomic E-state index is 12.9. The Balaban J connectivity index is 2.14. The number of allylic oxidation sites excluding steroid dienone is 1. The van der Waals surface area contributed by atoms with Crippen LogP contribution < -0.4 is 31.9 Å². The average Bonchev–Trinajstić information content (AvgIpc) is 3.33. The number of rotatable bonds is 42. The molecule has 0 aliphatic heterocycles. The van der Waals surface area contributed by atoms with Crippen LogP contribution in [0.4, 0.5) is 10.5 Å². The van der Waals surface area contributed by atoms with Gasteiger partial charge >= 0.3 is 6.09 Å². The summed E-state index contributed by atoms with van der Waals surface area (Å²) in [5.41, 5.74) is 1.04. The number of hydrogen-bond acceptors (Lipinski definition) is 17. The maximum atomic E-state index is 12.9. The Labute approximate surface area is 403 Å². The largest absolute Gasteiger partial charge is 0.445 e. The molecule has 69 heavy (non-hydrogen) atoms. The zero-order chi connectivity index (χ0) is 50.7. The van der Waals surface area contributed by atoms with Crippen LogP contribution in [0.1, 0.15) is 32.3 Å². The SMILES string of the molecule is COCCOCCOCCOCCOCCOCCOCCOCCC(=O)NC(CC(C)C)C(=O)NCC(=O)NCC(=O)NCC(=O)Nc1ccc(COC(=O)NCCN(C)C(=O)/C=C\C=O)cc1. The highest BCUT2D eigenvalue weighted by molar-refractivity contribution is 5.96. The number of nitrogens with zero attached hydrogens (tertiary/aromatic N) is 1. The molecule has 1 atom stereocenters. The highest BCUT2D eigenvalue weighted by atomic mass is 16.6. The van der Waals surface area contributed by atoms with Crippen molar-refractivity contribution in [2.45, 2.75) is 39.3 Å². The van der Waals surface area contributed by atoms with Crippen LogP contribution in [-0.2, 0) is 82.8 Å². The molecule has 390 valence electrons. The Hall–Kier alpha value is -5.60. The minimum atomic E-state index is -0.902. The summed E-state index contributed by atoms with van der Waals surface area (Å²) in [5.74, 6) is -3.17. The first kappa shape index (κ1) is 61.4. The fourth-order valence-electron chi connectivity index (χ4n) is 5.25. The Morgan fingerprint density at radius 2 is 1.09 bits per heavy atom. The molecule has 0 heterocycles. The lowest BCUT2D eigenvalue weighted by atomic mass is 10.0.